The highest BCUT2D eigenvalue weighted by atomic mass is 127. The zero-order valence-corrected chi connectivity index (χ0v) is 22.9. The molecule has 32 heavy (non-hydrogen) atoms. The van der Waals surface area contributed by atoms with Gasteiger partial charge in [0.1, 0.15) is 11.5 Å². The summed E-state index contributed by atoms with van der Waals surface area (Å²) in [7, 11) is 1.67. The van der Waals surface area contributed by atoms with Gasteiger partial charge in [-0.15, -0.1) is 0 Å². The Kier molecular flexibility index (Phi) is 9.18. The first-order valence-electron chi connectivity index (χ1n) is 10.6. The molecule has 2 aromatic carbocycles. The standard InChI is InChI=1S/C24H28I2N2O4/c1-16(29)19-14-21(25)24(22(26)15-19)32-23-7-6-20(31-3)13-18(23)5-4-8-27-9-11-28(12-10-27)17(2)30/h6-7,13-15H,4-5,8-12H2,1-3H3. The first kappa shape index (κ1) is 25.2. The number of aryl methyl sites for hydroxylation is 1. The minimum Gasteiger partial charge on any atom is -0.497 e. The van der Waals surface area contributed by atoms with Gasteiger partial charge in [-0.25, -0.2) is 0 Å². The zero-order chi connectivity index (χ0) is 23.3. The predicted octanol–water partition coefficient (Wildman–Crippen LogP) is 5.00. The van der Waals surface area contributed by atoms with Crippen LogP contribution < -0.4 is 9.47 Å². The van der Waals surface area contributed by atoms with Gasteiger partial charge in [0.15, 0.2) is 11.5 Å². The Labute approximate surface area is 216 Å². The summed E-state index contributed by atoms with van der Waals surface area (Å²) in [6.07, 6.45) is 1.85. The lowest BCUT2D eigenvalue weighted by atomic mass is 10.1. The lowest BCUT2D eigenvalue weighted by Gasteiger charge is -2.34. The fourth-order valence-corrected chi connectivity index (χ4v) is 5.72. The zero-order valence-electron chi connectivity index (χ0n) is 18.6. The lowest BCUT2D eigenvalue weighted by molar-refractivity contribution is -0.130. The van der Waals surface area contributed by atoms with Crippen molar-refractivity contribution >= 4 is 56.9 Å². The van der Waals surface area contributed by atoms with Crippen LogP contribution in [-0.4, -0.2) is 61.3 Å². The van der Waals surface area contributed by atoms with Gasteiger partial charge in [-0.1, -0.05) is 0 Å². The number of amides is 1. The van der Waals surface area contributed by atoms with Crippen molar-refractivity contribution in [2.45, 2.75) is 26.7 Å². The fraction of sp³-hybridized carbons (Fsp3) is 0.417. The number of carbonyl (C=O) groups excluding carboxylic acids is 2. The third-order valence-corrected chi connectivity index (χ3v) is 7.23. The summed E-state index contributed by atoms with van der Waals surface area (Å²) in [6.45, 7) is 7.62. The smallest absolute Gasteiger partial charge is 0.219 e. The van der Waals surface area contributed by atoms with E-state index in [1.54, 1.807) is 21.0 Å². The van der Waals surface area contributed by atoms with E-state index in [1.165, 1.54) is 0 Å². The highest BCUT2D eigenvalue weighted by Crippen LogP contribution is 2.36. The molecule has 0 aromatic heterocycles. The van der Waals surface area contributed by atoms with Crippen LogP contribution in [0, 0.1) is 7.14 Å². The highest BCUT2D eigenvalue weighted by Gasteiger charge is 2.19. The Hall–Kier alpha value is -1.40. The Morgan fingerprint density at radius 1 is 1.00 bits per heavy atom. The van der Waals surface area contributed by atoms with Gasteiger partial charge in [0, 0.05) is 38.7 Å². The average Bonchev–Trinajstić information content (AvgIpc) is 2.77. The summed E-state index contributed by atoms with van der Waals surface area (Å²) in [4.78, 5) is 27.6. The van der Waals surface area contributed by atoms with Gasteiger partial charge in [-0.2, -0.15) is 0 Å². The first-order chi connectivity index (χ1) is 15.3. The number of carbonyl (C=O) groups is 2. The number of hydrogen-bond donors (Lipinski definition) is 0. The van der Waals surface area contributed by atoms with E-state index in [-0.39, 0.29) is 11.7 Å². The third kappa shape index (κ3) is 6.57. The van der Waals surface area contributed by atoms with Crippen molar-refractivity contribution in [3.63, 3.8) is 0 Å². The van der Waals surface area contributed by atoms with E-state index in [9.17, 15) is 9.59 Å². The molecule has 1 aliphatic rings. The van der Waals surface area contributed by atoms with Crippen molar-refractivity contribution in [3.05, 3.63) is 48.6 Å². The van der Waals surface area contributed by atoms with Gasteiger partial charge in [-0.3, -0.25) is 14.5 Å². The molecule has 1 aliphatic heterocycles. The molecule has 0 bridgehead atoms. The number of nitrogens with zero attached hydrogens (tertiary/aromatic N) is 2. The van der Waals surface area contributed by atoms with E-state index in [0.29, 0.717) is 5.56 Å². The van der Waals surface area contributed by atoms with Crippen molar-refractivity contribution in [3.8, 4) is 17.2 Å². The molecule has 1 fully saturated rings. The van der Waals surface area contributed by atoms with Crippen LogP contribution in [0.25, 0.3) is 0 Å². The second-order valence-corrected chi connectivity index (χ2v) is 10.2. The number of hydrogen-bond acceptors (Lipinski definition) is 5. The Bertz CT molecular complexity index is 965. The Balaban J connectivity index is 1.70. The summed E-state index contributed by atoms with van der Waals surface area (Å²) in [5.74, 6) is 2.57. The molecule has 1 heterocycles. The van der Waals surface area contributed by atoms with Gasteiger partial charge in [0.2, 0.25) is 5.91 Å². The monoisotopic (exact) mass is 662 g/mol. The van der Waals surface area contributed by atoms with E-state index in [2.05, 4.69) is 50.1 Å². The molecule has 0 spiro atoms. The molecule has 1 amide bonds. The molecule has 0 radical (unpaired) electrons. The maximum atomic E-state index is 11.8. The largest absolute Gasteiger partial charge is 0.497 e. The molecule has 172 valence electrons. The normalized spacial score (nSPS) is 14.3. The van der Waals surface area contributed by atoms with Crippen molar-refractivity contribution in [2.24, 2.45) is 0 Å². The predicted molar refractivity (Wildman–Crippen MR) is 142 cm³/mol. The van der Waals surface area contributed by atoms with Crippen LogP contribution in [0.3, 0.4) is 0 Å². The van der Waals surface area contributed by atoms with Crippen molar-refractivity contribution in [1.82, 2.24) is 9.80 Å². The van der Waals surface area contributed by atoms with E-state index >= 15 is 0 Å². The number of ketones is 1. The lowest BCUT2D eigenvalue weighted by Crippen LogP contribution is -2.48. The summed E-state index contributed by atoms with van der Waals surface area (Å²) in [5, 5.41) is 0. The SMILES string of the molecule is COc1ccc(Oc2c(I)cc(C(C)=O)cc2I)c(CCCN2CCN(C(C)=O)CC2)c1. The number of halogens is 2. The van der Waals surface area contributed by atoms with E-state index in [4.69, 9.17) is 9.47 Å². The van der Waals surface area contributed by atoms with Gasteiger partial charge in [0.05, 0.1) is 14.3 Å². The van der Waals surface area contributed by atoms with Crippen LogP contribution in [0.15, 0.2) is 30.3 Å². The van der Waals surface area contributed by atoms with Gasteiger partial charge >= 0.3 is 0 Å². The van der Waals surface area contributed by atoms with Gasteiger partial charge < -0.3 is 14.4 Å². The summed E-state index contributed by atoms with van der Waals surface area (Å²) < 4.78 is 13.6. The number of benzene rings is 2. The molecule has 0 N–H and O–H groups in total. The molecule has 6 nitrogen and oxygen atoms in total. The molecule has 8 heteroatoms. The minimum absolute atomic E-state index is 0.0432. The van der Waals surface area contributed by atoms with Crippen LogP contribution >= 0.6 is 45.2 Å². The second kappa shape index (κ2) is 11.6. The molecular formula is C24H28I2N2O4. The van der Waals surface area contributed by atoms with Crippen LogP contribution in [0.4, 0.5) is 0 Å². The first-order valence-corrected chi connectivity index (χ1v) is 12.8. The molecular weight excluding hydrogens is 634 g/mol. The fourth-order valence-electron chi connectivity index (χ4n) is 3.73. The Morgan fingerprint density at radius 3 is 2.22 bits per heavy atom. The van der Waals surface area contributed by atoms with Crippen LogP contribution in [-0.2, 0) is 11.2 Å². The third-order valence-electron chi connectivity index (χ3n) is 5.62. The minimum atomic E-state index is 0.0432. The summed E-state index contributed by atoms with van der Waals surface area (Å²) >= 11 is 4.44. The number of rotatable bonds is 8. The van der Waals surface area contributed by atoms with E-state index in [1.807, 2.05) is 35.2 Å². The van der Waals surface area contributed by atoms with Crippen LogP contribution in [0.1, 0.15) is 36.2 Å². The van der Waals surface area contributed by atoms with Crippen molar-refractivity contribution < 1.29 is 19.1 Å². The molecule has 0 unspecified atom stereocenters. The van der Waals surface area contributed by atoms with E-state index < -0.39 is 0 Å². The average molecular weight is 662 g/mol. The maximum Gasteiger partial charge on any atom is 0.219 e. The van der Waals surface area contributed by atoms with Crippen LogP contribution in [0.5, 0.6) is 17.2 Å². The number of methoxy groups -OCH3 is 1. The molecule has 0 atom stereocenters. The summed E-state index contributed by atoms with van der Waals surface area (Å²) in [5.41, 5.74) is 1.78. The van der Waals surface area contributed by atoms with Gasteiger partial charge in [0.25, 0.3) is 0 Å². The Morgan fingerprint density at radius 2 is 1.66 bits per heavy atom. The highest BCUT2D eigenvalue weighted by molar-refractivity contribution is 14.1. The van der Waals surface area contributed by atoms with Gasteiger partial charge in [-0.05, 0) is 107 Å². The molecule has 3 rings (SSSR count). The van der Waals surface area contributed by atoms with Crippen molar-refractivity contribution in [2.75, 3.05) is 39.8 Å². The quantitative estimate of drug-likeness (QED) is 0.295. The number of Topliss-reactive ketones (excluding diaryl/α,β-unsaturated/α-hetero) is 1. The molecule has 2 aromatic rings. The molecule has 0 aliphatic carbocycles. The van der Waals surface area contributed by atoms with Crippen LogP contribution in [0.2, 0.25) is 0 Å². The number of piperazine rings is 1. The number of ether oxygens (including phenoxy) is 2. The van der Waals surface area contributed by atoms with E-state index in [0.717, 1.165) is 75.5 Å². The maximum absolute atomic E-state index is 11.8. The summed E-state index contributed by atoms with van der Waals surface area (Å²) in [6, 6.07) is 9.62. The second-order valence-electron chi connectivity index (χ2n) is 7.85. The molecule has 1 saturated heterocycles. The topological polar surface area (TPSA) is 59.1 Å². The van der Waals surface area contributed by atoms with Crippen molar-refractivity contribution in [1.29, 1.82) is 0 Å². The molecule has 0 saturated carbocycles.